The van der Waals surface area contributed by atoms with Crippen LogP contribution in [0.15, 0.2) is 72.8 Å². The molecule has 0 saturated carbocycles. The molecule has 0 aliphatic carbocycles. The number of ether oxygens (including phenoxy) is 2. The van der Waals surface area contributed by atoms with Crippen LogP contribution in [0, 0.1) is 0 Å². The summed E-state index contributed by atoms with van der Waals surface area (Å²) >= 11 is 0. The number of hydrogen-bond donors (Lipinski definition) is 1. The molecule has 3 rings (SSSR count). The number of rotatable bonds is 5. The lowest BCUT2D eigenvalue weighted by atomic mass is 9.83. The summed E-state index contributed by atoms with van der Waals surface area (Å²) < 4.78 is 11.1. The van der Waals surface area contributed by atoms with Gasteiger partial charge in [0.1, 0.15) is 17.2 Å². The average molecular weight is 320 g/mol. The van der Waals surface area contributed by atoms with Gasteiger partial charge in [0.2, 0.25) is 0 Å². The maximum Gasteiger partial charge on any atom is 0.123 e. The number of hydrogen-bond acceptors (Lipinski definition) is 3. The van der Waals surface area contributed by atoms with Crippen molar-refractivity contribution in [3.63, 3.8) is 0 Å². The summed E-state index contributed by atoms with van der Waals surface area (Å²) in [6.07, 6.45) is 0. The molecule has 1 N–H and O–H groups in total. The standard InChI is InChI=1S/C21H20O3/c1-23-19-13-7-4-10-16(19)21(15-9-3-6-12-18(15)22)17-11-5-8-14-20(17)24-2/h3-14,21-22H,1-2H3. The predicted molar refractivity (Wildman–Crippen MR) is 95.0 cm³/mol. The molecule has 0 aromatic heterocycles. The van der Waals surface area contributed by atoms with Crippen molar-refractivity contribution in [1.82, 2.24) is 0 Å². The Kier molecular flexibility index (Phi) is 4.71. The number of aromatic hydroxyl groups is 1. The van der Waals surface area contributed by atoms with E-state index in [0.29, 0.717) is 0 Å². The van der Waals surface area contributed by atoms with E-state index in [2.05, 4.69) is 0 Å². The summed E-state index contributed by atoms with van der Waals surface area (Å²) in [4.78, 5) is 0. The molecule has 3 aromatic carbocycles. The van der Waals surface area contributed by atoms with Crippen LogP contribution in [0.4, 0.5) is 0 Å². The summed E-state index contributed by atoms with van der Waals surface area (Å²) in [5, 5.41) is 10.4. The van der Waals surface area contributed by atoms with E-state index in [0.717, 1.165) is 28.2 Å². The molecule has 0 fully saturated rings. The first kappa shape index (κ1) is 15.9. The third-order valence-electron chi connectivity index (χ3n) is 4.15. The molecule has 24 heavy (non-hydrogen) atoms. The van der Waals surface area contributed by atoms with Crippen LogP contribution in [0.2, 0.25) is 0 Å². The molecule has 3 aromatic rings. The Bertz CT molecular complexity index is 779. The normalized spacial score (nSPS) is 10.6. The van der Waals surface area contributed by atoms with Gasteiger partial charge in [0, 0.05) is 22.6 Å². The van der Waals surface area contributed by atoms with Gasteiger partial charge < -0.3 is 14.6 Å². The van der Waals surface area contributed by atoms with Gasteiger partial charge in [0.25, 0.3) is 0 Å². The highest BCUT2D eigenvalue weighted by atomic mass is 16.5. The predicted octanol–water partition coefficient (Wildman–Crippen LogP) is 4.59. The number of benzene rings is 3. The number of para-hydroxylation sites is 3. The molecular formula is C21H20O3. The van der Waals surface area contributed by atoms with E-state index in [1.165, 1.54) is 0 Å². The fourth-order valence-electron chi connectivity index (χ4n) is 3.04. The second-order valence-corrected chi connectivity index (χ2v) is 5.48. The fourth-order valence-corrected chi connectivity index (χ4v) is 3.04. The fraction of sp³-hybridized carbons (Fsp3) is 0.143. The van der Waals surface area contributed by atoms with Crippen LogP contribution in [-0.4, -0.2) is 19.3 Å². The minimum absolute atomic E-state index is 0.196. The van der Waals surface area contributed by atoms with Crippen LogP contribution in [0.5, 0.6) is 17.2 Å². The molecule has 3 nitrogen and oxygen atoms in total. The molecule has 0 atom stereocenters. The highest BCUT2D eigenvalue weighted by Gasteiger charge is 2.25. The minimum atomic E-state index is -0.196. The van der Waals surface area contributed by atoms with Crippen LogP contribution in [0.25, 0.3) is 0 Å². The number of methoxy groups -OCH3 is 2. The molecule has 0 aliphatic rings. The first-order chi connectivity index (χ1) is 11.8. The molecule has 0 radical (unpaired) electrons. The summed E-state index contributed by atoms with van der Waals surface area (Å²) in [5.74, 6) is 1.60. The van der Waals surface area contributed by atoms with Gasteiger partial charge in [-0.25, -0.2) is 0 Å². The molecule has 0 amide bonds. The molecular weight excluding hydrogens is 300 g/mol. The van der Waals surface area contributed by atoms with Gasteiger partial charge in [-0.2, -0.15) is 0 Å². The molecule has 0 aliphatic heterocycles. The van der Waals surface area contributed by atoms with Crippen LogP contribution in [0.1, 0.15) is 22.6 Å². The Morgan fingerprint density at radius 3 is 1.50 bits per heavy atom. The van der Waals surface area contributed by atoms with Gasteiger partial charge in [0.05, 0.1) is 14.2 Å². The second-order valence-electron chi connectivity index (χ2n) is 5.48. The SMILES string of the molecule is COc1ccccc1C(c1ccccc1O)c1ccccc1OC. The van der Waals surface area contributed by atoms with Crippen molar-refractivity contribution in [2.24, 2.45) is 0 Å². The highest BCUT2D eigenvalue weighted by molar-refractivity contribution is 5.55. The lowest BCUT2D eigenvalue weighted by molar-refractivity contribution is 0.401. The zero-order chi connectivity index (χ0) is 16.9. The van der Waals surface area contributed by atoms with Gasteiger partial charge in [-0.3, -0.25) is 0 Å². The van der Waals surface area contributed by atoms with Crippen molar-refractivity contribution in [2.75, 3.05) is 14.2 Å². The van der Waals surface area contributed by atoms with E-state index in [1.807, 2.05) is 66.7 Å². The van der Waals surface area contributed by atoms with Crippen molar-refractivity contribution in [3.05, 3.63) is 89.5 Å². The lowest BCUT2D eigenvalue weighted by Gasteiger charge is -2.23. The molecule has 0 bridgehead atoms. The number of phenols is 1. The van der Waals surface area contributed by atoms with Crippen LogP contribution in [-0.2, 0) is 0 Å². The molecule has 3 heteroatoms. The topological polar surface area (TPSA) is 38.7 Å². The van der Waals surface area contributed by atoms with E-state index in [1.54, 1.807) is 20.3 Å². The molecule has 0 saturated heterocycles. The van der Waals surface area contributed by atoms with E-state index in [-0.39, 0.29) is 11.7 Å². The quantitative estimate of drug-likeness (QED) is 0.699. The van der Waals surface area contributed by atoms with E-state index in [4.69, 9.17) is 9.47 Å². The maximum absolute atomic E-state index is 10.4. The highest BCUT2D eigenvalue weighted by Crippen LogP contribution is 2.43. The van der Waals surface area contributed by atoms with Crippen molar-refractivity contribution >= 4 is 0 Å². The Balaban J connectivity index is 2.28. The third kappa shape index (κ3) is 2.93. The van der Waals surface area contributed by atoms with E-state index < -0.39 is 0 Å². The van der Waals surface area contributed by atoms with Crippen LogP contribution in [0.3, 0.4) is 0 Å². The van der Waals surface area contributed by atoms with Crippen LogP contribution >= 0.6 is 0 Å². The Morgan fingerprint density at radius 2 is 1.04 bits per heavy atom. The third-order valence-corrected chi connectivity index (χ3v) is 4.15. The Morgan fingerprint density at radius 1 is 0.625 bits per heavy atom. The minimum Gasteiger partial charge on any atom is -0.508 e. The first-order valence-corrected chi connectivity index (χ1v) is 7.80. The smallest absolute Gasteiger partial charge is 0.123 e. The zero-order valence-corrected chi connectivity index (χ0v) is 13.8. The van der Waals surface area contributed by atoms with Gasteiger partial charge >= 0.3 is 0 Å². The summed E-state index contributed by atoms with van der Waals surface area (Å²) in [7, 11) is 3.31. The largest absolute Gasteiger partial charge is 0.508 e. The lowest BCUT2D eigenvalue weighted by Crippen LogP contribution is -2.07. The van der Waals surface area contributed by atoms with Gasteiger partial charge in [-0.1, -0.05) is 54.6 Å². The zero-order valence-electron chi connectivity index (χ0n) is 13.8. The van der Waals surface area contributed by atoms with Crippen LogP contribution < -0.4 is 9.47 Å². The molecule has 122 valence electrons. The monoisotopic (exact) mass is 320 g/mol. The molecule has 0 heterocycles. The maximum atomic E-state index is 10.4. The molecule has 0 spiro atoms. The van der Waals surface area contributed by atoms with Gasteiger partial charge in [-0.05, 0) is 18.2 Å². The Hall–Kier alpha value is -2.94. The van der Waals surface area contributed by atoms with E-state index >= 15 is 0 Å². The average Bonchev–Trinajstić information content (AvgIpc) is 2.64. The summed E-state index contributed by atoms with van der Waals surface area (Å²) in [6, 6.07) is 23.1. The summed E-state index contributed by atoms with van der Waals surface area (Å²) in [5.41, 5.74) is 2.77. The van der Waals surface area contributed by atoms with Crippen molar-refractivity contribution in [3.8, 4) is 17.2 Å². The molecule has 0 unspecified atom stereocenters. The van der Waals surface area contributed by atoms with Crippen molar-refractivity contribution < 1.29 is 14.6 Å². The van der Waals surface area contributed by atoms with Gasteiger partial charge in [-0.15, -0.1) is 0 Å². The van der Waals surface area contributed by atoms with Crippen molar-refractivity contribution in [1.29, 1.82) is 0 Å². The second kappa shape index (κ2) is 7.09. The van der Waals surface area contributed by atoms with Gasteiger partial charge in [0.15, 0.2) is 0 Å². The Labute approximate surface area is 142 Å². The van der Waals surface area contributed by atoms with Crippen molar-refractivity contribution in [2.45, 2.75) is 5.92 Å². The first-order valence-electron chi connectivity index (χ1n) is 7.80. The summed E-state index contributed by atoms with van der Waals surface area (Å²) in [6.45, 7) is 0. The van der Waals surface area contributed by atoms with E-state index in [9.17, 15) is 5.11 Å². The number of phenolic OH excluding ortho intramolecular Hbond substituents is 1.